The van der Waals surface area contributed by atoms with Crippen LogP contribution in [-0.2, 0) is 9.59 Å². The summed E-state index contributed by atoms with van der Waals surface area (Å²) in [6, 6.07) is -0.563. The smallest absolute Gasteiger partial charge is 0.277 e. The fraction of sp³-hybridized carbons (Fsp3) is 0.700. The lowest BCUT2D eigenvalue weighted by molar-refractivity contribution is -0.136. The molecule has 4 amide bonds. The van der Waals surface area contributed by atoms with Crippen LogP contribution < -0.4 is 5.32 Å². The lowest BCUT2D eigenvalue weighted by atomic mass is 10.1. The highest BCUT2D eigenvalue weighted by Crippen LogP contribution is 2.26. The third-order valence-corrected chi connectivity index (χ3v) is 4.15. The van der Waals surface area contributed by atoms with Gasteiger partial charge in [0.1, 0.15) is 6.42 Å². The van der Waals surface area contributed by atoms with Gasteiger partial charge in [-0.2, -0.15) is 11.8 Å². The first kappa shape index (κ1) is 11.4. The normalized spacial score (nSPS) is 26.9. The molecule has 88 valence electrons. The Kier molecular flexibility index (Phi) is 3.48. The molecule has 2 heterocycles. The number of carbonyl (C=O) groups is 3. The molecule has 5 nitrogen and oxygen atoms in total. The molecule has 1 atom stereocenters. The molecular formula is C10H14N2O3S. The fourth-order valence-corrected chi connectivity index (χ4v) is 3.21. The Morgan fingerprint density at radius 2 is 2.12 bits per heavy atom. The van der Waals surface area contributed by atoms with Crippen LogP contribution >= 0.6 is 11.8 Å². The first-order valence-corrected chi connectivity index (χ1v) is 6.47. The molecule has 0 radical (unpaired) electrons. The fourth-order valence-electron chi connectivity index (χ4n) is 1.92. The van der Waals surface area contributed by atoms with Crippen molar-refractivity contribution in [1.29, 1.82) is 0 Å². The van der Waals surface area contributed by atoms with Crippen LogP contribution in [-0.4, -0.2) is 40.3 Å². The van der Waals surface area contributed by atoms with Gasteiger partial charge in [0.15, 0.2) is 0 Å². The van der Waals surface area contributed by atoms with Gasteiger partial charge in [-0.1, -0.05) is 6.42 Å². The van der Waals surface area contributed by atoms with Crippen molar-refractivity contribution in [2.75, 3.05) is 12.3 Å². The number of imide groups is 2. The predicted molar refractivity (Wildman–Crippen MR) is 60.0 cm³/mol. The van der Waals surface area contributed by atoms with Crippen LogP contribution in [0.4, 0.5) is 4.79 Å². The number of nitrogens with zero attached hydrogens (tertiary/aromatic N) is 1. The first-order valence-electron chi connectivity index (χ1n) is 5.42. The van der Waals surface area contributed by atoms with E-state index in [2.05, 4.69) is 5.32 Å². The van der Waals surface area contributed by atoms with Gasteiger partial charge in [-0.3, -0.25) is 19.8 Å². The van der Waals surface area contributed by atoms with Crippen LogP contribution in [0.15, 0.2) is 0 Å². The lowest BCUT2D eigenvalue weighted by Crippen LogP contribution is -2.54. The molecule has 0 aromatic heterocycles. The minimum atomic E-state index is -0.563. The molecule has 0 aromatic rings. The van der Waals surface area contributed by atoms with Crippen LogP contribution in [0.1, 0.15) is 25.7 Å². The van der Waals surface area contributed by atoms with Crippen LogP contribution in [0.25, 0.3) is 0 Å². The van der Waals surface area contributed by atoms with Crippen molar-refractivity contribution in [3.63, 3.8) is 0 Å². The third kappa shape index (κ3) is 2.55. The second-order valence-corrected chi connectivity index (χ2v) is 5.43. The second kappa shape index (κ2) is 4.86. The van der Waals surface area contributed by atoms with E-state index in [4.69, 9.17) is 0 Å². The highest BCUT2D eigenvalue weighted by Gasteiger charge is 2.32. The van der Waals surface area contributed by atoms with Crippen molar-refractivity contribution in [3.05, 3.63) is 0 Å². The number of hydrogen-bond donors (Lipinski definition) is 1. The van der Waals surface area contributed by atoms with Crippen LogP contribution in [0.2, 0.25) is 0 Å². The molecule has 0 bridgehead atoms. The average molecular weight is 242 g/mol. The molecule has 0 spiro atoms. The zero-order valence-corrected chi connectivity index (χ0v) is 9.72. The second-order valence-electron chi connectivity index (χ2n) is 4.02. The van der Waals surface area contributed by atoms with E-state index in [1.54, 1.807) is 11.8 Å². The highest BCUT2D eigenvalue weighted by atomic mass is 32.2. The Hall–Kier alpha value is -1.04. The summed E-state index contributed by atoms with van der Waals surface area (Å²) in [5, 5.41) is 2.50. The van der Waals surface area contributed by atoms with Gasteiger partial charge in [-0.25, -0.2) is 4.79 Å². The largest absolute Gasteiger partial charge is 0.330 e. The summed E-state index contributed by atoms with van der Waals surface area (Å²) < 4.78 is 0. The molecule has 2 rings (SSSR count). The van der Waals surface area contributed by atoms with Crippen LogP contribution in [0.5, 0.6) is 0 Å². The van der Waals surface area contributed by atoms with Crippen molar-refractivity contribution >= 4 is 29.6 Å². The van der Waals surface area contributed by atoms with Gasteiger partial charge in [0.25, 0.3) is 0 Å². The summed E-state index contributed by atoms with van der Waals surface area (Å²) in [5.41, 5.74) is 0. The van der Waals surface area contributed by atoms with E-state index in [1.165, 1.54) is 11.3 Å². The predicted octanol–water partition coefficient (Wildman–Crippen LogP) is 0.741. The van der Waals surface area contributed by atoms with Crippen molar-refractivity contribution in [3.8, 4) is 0 Å². The number of thioether (sulfide) groups is 1. The van der Waals surface area contributed by atoms with Crippen molar-refractivity contribution < 1.29 is 14.4 Å². The number of rotatable bonds is 2. The van der Waals surface area contributed by atoms with E-state index in [0.717, 1.165) is 18.6 Å². The van der Waals surface area contributed by atoms with Crippen LogP contribution in [0.3, 0.4) is 0 Å². The maximum Gasteiger partial charge on any atom is 0.330 e. The average Bonchev–Trinajstić information content (AvgIpc) is 2.25. The van der Waals surface area contributed by atoms with Crippen molar-refractivity contribution in [1.82, 2.24) is 10.2 Å². The third-order valence-electron chi connectivity index (χ3n) is 2.76. The number of hydrogen-bond acceptors (Lipinski definition) is 4. The monoisotopic (exact) mass is 242 g/mol. The molecule has 1 N–H and O–H groups in total. The van der Waals surface area contributed by atoms with Gasteiger partial charge in [0.05, 0.1) is 0 Å². The van der Waals surface area contributed by atoms with E-state index in [9.17, 15) is 14.4 Å². The summed E-state index contributed by atoms with van der Waals surface area (Å²) in [4.78, 5) is 35.1. The van der Waals surface area contributed by atoms with E-state index in [0.29, 0.717) is 11.8 Å². The summed E-state index contributed by atoms with van der Waals surface area (Å²) in [7, 11) is 0. The highest BCUT2D eigenvalue weighted by molar-refractivity contribution is 7.99. The Morgan fingerprint density at radius 3 is 2.75 bits per heavy atom. The molecule has 2 aliphatic rings. The van der Waals surface area contributed by atoms with E-state index in [-0.39, 0.29) is 12.3 Å². The Morgan fingerprint density at radius 1 is 1.31 bits per heavy atom. The number of urea groups is 1. The minimum absolute atomic E-state index is 0.205. The topological polar surface area (TPSA) is 66.5 Å². The summed E-state index contributed by atoms with van der Waals surface area (Å²) in [5.74, 6) is 0.218. The SMILES string of the molecule is O=C1CC(=O)N(CC2CCCCS2)C(=O)N1. The summed E-state index contributed by atoms with van der Waals surface area (Å²) in [6.45, 7) is 0.433. The van der Waals surface area contributed by atoms with Crippen molar-refractivity contribution in [2.24, 2.45) is 0 Å². The van der Waals surface area contributed by atoms with Gasteiger partial charge < -0.3 is 0 Å². The zero-order chi connectivity index (χ0) is 11.5. The van der Waals surface area contributed by atoms with E-state index < -0.39 is 11.9 Å². The summed E-state index contributed by atoms with van der Waals surface area (Å²) >= 11 is 1.80. The molecule has 0 aliphatic carbocycles. The van der Waals surface area contributed by atoms with E-state index in [1.807, 2.05) is 0 Å². The first-order chi connectivity index (χ1) is 7.66. The number of barbiturate groups is 1. The number of nitrogens with one attached hydrogen (secondary N) is 1. The summed E-state index contributed by atoms with van der Waals surface area (Å²) in [6.07, 6.45) is 3.19. The van der Waals surface area contributed by atoms with Crippen LogP contribution in [0, 0.1) is 0 Å². The van der Waals surface area contributed by atoms with Gasteiger partial charge in [-0.05, 0) is 18.6 Å². The molecule has 2 fully saturated rings. The van der Waals surface area contributed by atoms with Crippen molar-refractivity contribution in [2.45, 2.75) is 30.9 Å². The molecule has 16 heavy (non-hydrogen) atoms. The number of amides is 4. The van der Waals surface area contributed by atoms with Gasteiger partial charge in [0.2, 0.25) is 11.8 Å². The molecule has 2 aliphatic heterocycles. The maximum absolute atomic E-state index is 11.5. The lowest BCUT2D eigenvalue weighted by Gasteiger charge is -2.30. The Labute approximate surface area is 97.9 Å². The zero-order valence-electron chi connectivity index (χ0n) is 8.90. The number of carbonyl (C=O) groups excluding carboxylic acids is 3. The maximum atomic E-state index is 11.5. The molecule has 0 aromatic carbocycles. The quantitative estimate of drug-likeness (QED) is 0.725. The van der Waals surface area contributed by atoms with Gasteiger partial charge in [-0.15, -0.1) is 0 Å². The van der Waals surface area contributed by atoms with Gasteiger partial charge in [0, 0.05) is 11.8 Å². The van der Waals surface area contributed by atoms with E-state index >= 15 is 0 Å². The molecule has 6 heteroatoms. The Bertz CT molecular complexity index is 306. The Balaban J connectivity index is 1.94. The molecule has 0 saturated carbocycles. The minimum Gasteiger partial charge on any atom is -0.277 e. The van der Waals surface area contributed by atoms with Gasteiger partial charge >= 0.3 is 6.03 Å². The molecule has 1 unspecified atom stereocenters. The molecular weight excluding hydrogens is 228 g/mol. The standard InChI is InChI=1S/C10H14N2O3S/c13-8-5-9(14)12(10(15)11-8)6-7-3-1-2-4-16-7/h7H,1-6H2,(H,11,13,15). The molecule has 2 saturated heterocycles.